The second kappa shape index (κ2) is 9.15. The van der Waals surface area contributed by atoms with Gasteiger partial charge in [0.15, 0.2) is 5.65 Å². The Morgan fingerprint density at radius 1 is 1.12 bits per heavy atom. The monoisotopic (exact) mass is 482 g/mol. The number of aromatic nitrogens is 3. The number of nitrogens with zero attached hydrogens (tertiary/aromatic N) is 3. The largest absolute Gasteiger partial charge is 0.433 e. The minimum Gasteiger partial charge on any atom is -0.284 e. The molecule has 2 aromatic heterocycles. The van der Waals surface area contributed by atoms with Crippen molar-refractivity contribution in [2.45, 2.75) is 13.1 Å². The number of hydrogen-bond donors (Lipinski definition) is 1. The van der Waals surface area contributed by atoms with E-state index in [9.17, 15) is 18.0 Å². The van der Waals surface area contributed by atoms with Gasteiger partial charge in [0.05, 0.1) is 11.3 Å². The van der Waals surface area contributed by atoms with Crippen LogP contribution in [0.2, 0.25) is 5.02 Å². The fourth-order valence-electron chi connectivity index (χ4n) is 3.51. The SMILES string of the molecule is C=C/C(=C\N=CC)c1ccc(-c2cc(=O)n3[nH]c(C(F)(F)F)c(-c4ccc(Cl)cc4)c3n2)cc1. The second-order valence-electron chi connectivity index (χ2n) is 7.28. The first-order valence-electron chi connectivity index (χ1n) is 10.1. The molecule has 0 aliphatic carbocycles. The van der Waals surface area contributed by atoms with Gasteiger partial charge in [-0.1, -0.05) is 60.7 Å². The van der Waals surface area contributed by atoms with E-state index >= 15 is 0 Å². The number of alkyl halides is 3. The van der Waals surface area contributed by atoms with Crippen molar-refractivity contribution >= 4 is 29.0 Å². The second-order valence-corrected chi connectivity index (χ2v) is 7.71. The normalized spacial score (nSPS) is 12.6. The maximum absolute atomic E-state index is 13.8. The Bertz CT molecular complexity index is 1480. The zero-order valence-corrected chi connectivity index (χ0v) is 18.7. The van der Waals surface area contributed by atoms with Crippen molar-refractivity contribution in [3.05, 3.63) is 100 Å². The number of benzene rings is 2. The van der Waals surface area contributed by atoms with Gasteiger partial charge >= 0.3 is 6.18 Å². The number of fused-ring (bicyclic) bond motifs is 1. The predicted octanol–water partition coefficient (Wildman–Crippen LogP) is 6.65. The van der Waals surface area contributed by atoms with Gasteiger partial charge in [-0.3, -0.25) is 14.9 Å². The molecular formula is C25H18ClF3N4O. The van der Waals surface area contributed by atoms with Crippen molar-refractivity contribution in [2.24, 2.45) is 4.99 Å². The Hall–Kier alpha value is -3.91. The van der Waals surface area contributed by atoms with Crippen LogP contribution < -0.4 is 5.56 Å². The molecule has 4 rings (SSSR count). The third kappa shape index (κ3) is 4.45. The van der Waals surface area contributed by atoms with E-state index in [2.05, 4.69) is 21.7 Å². The molecule has 0 amide bonds. The van der Waals surface area contributed by atoms with Gasteiger partial charge in [0.2, 0.25) is 0 Å². The highest BCUT2D eigenvalue weighted by atomic mass is 35.5. The smallest absolute Gasteiger partial charge is 0.284 e. The highest BCUT2D eigenvalue weighted by Gasteiger charge is 2.38. The molecule has 2 aromatic carbocycles. The fourth-order valence-corrected chi connectivity index (χ4v) is 3.64. The number of nitrogens with one attached hydrogen (secondary N) is 1. The summed E-state index contributed by atoms with van der Waals surface area (Å²) in [6.45, 7) is 5.58. The van der Waals surface area contributed by atoms with E-state index in [1.54, 1.807) is 49.7 Å². The Morgan fingerprint density at radius 2 is 1.76 bits per heavy atom. The van der Waals surface area contributed by atoms with Gasteiger partial charge in [0.1, 0.15) is 5.69 Å². The molecular weight excluding hydrogens is 465 g/mol. The number of H-pyrrole nitrogens is 1. The average molecular weight is 483 g/mol. The maximum Gasteiger partial charge on any atom is 0.433 e. The number of halogens is 4. The first-order chi connectivity index (χ1) is 16.2. The molecule has 0 fully saturated rings. The topological polar surface area (TPSA) is 62.5 Å². The zero-order chi connectivity index (χ0) is 24.5. The van der Waals surface area contributed by atoms with Crippen LogP contribution in [-0.4, -0.2) is 20.8 Å². The van der Waals surface area contributed by atoms with E-state index in [0.29, 0.717) is 10.6 Å². The van der Waals surface area contributed by atoms with E-state index in [1.807, 2.05) is 0 Å². The highest BCUT2D eigenvalue weighted by Crippen LogP contribution is 2.38. The fraction of sp³-hybridized carbons (Fsp3) is 0.0800. The van der Waals surface area contributed by atoms with E-state index in [1.165, 1.54) is 30.3 Å². The quantitative estimate of drug-likeness (QED) is 0.256. The van der Waals surface area contributed by atoms with Gasteiger partial charge in [-0.05, 0) is 35.8 Å². The molecule has 0 atom stereocenters. The summed E-state index contributed by atoms with van der Waals surface area (Å²) in [4.78, 5) is 21.3. The summed E-state index contributed by atoms with van der Waals surface area (Å²) >= 11 is 5.91. The molecule has 4 aromatic rings. The molecule has 0 bridgehead atoms. The first-order valence-corrected chi connectivity index (χ1v) is 10.5. The van der Waals surface area contributed by atoms with Gasteiger partial charge in [0, 0.05) is 29.1 Å². The summed E-state index contributed by atoms with van der Waals surface area (Å²) in [7, 11) is 0. The van der Waals surface area contributed by atoms with E-state index < -0.39 is 17.4 Å². The lowest BCUT2D eigenvalue weighted by molar-refractivity contribution is -0.140. The van der Waals surface area contributed by atoms with E-state index in [0.717, 1.165) is 15.7 Å². The average Bonchev–Trinajstić information content (AvgIpc) is 3.21. The molecule has 0 saturated heterocycles. The molecule has 0 saturated carbocycles. The van der Waals surface area contributed by atoms with Crippen LogP contribution in [0.5, 0.6) is 0 Å². The summed E-state index contributed by atoms with van der Waals surface area (Å²) in [5.41, 5.74) is 0.579. The van der Waals surface area contributed by atoms with Crippen LogP contribution in [0.3, 0.4) is 0 Å². The number of aliphatic imine (C=N–C) groups is 1. The van der Waals surface area contributed by atoms with Crippen LogP contribution in [0.25, 0.3) is 33.6 Å². The lowest BCUT2D eigenvalue weighted by Crippen LogP contribution is -2.15. The summed E-state index contributed by atoms with van der Waals surface area (Å²) in [6.07, 6.45) is 0.241. The van der Waals surface area contributed by atoms with Crippen LogP contribution in [0, 0.1) is 0 Å². The molecule has 34 heavy (non-hydrogen) atoms. The molecule has 1 N–H and O–H groups in total. The number of rotatable bonds is 5. The van der Waals surface area contributed by atoms with Crippen molar-refractivity contribution in [3.63, 3.8) is 0 Å². The lowest BCUT2D eigenvalue weighted by Gasteiger charge is -2.08. The maximum atomic E-state index is 13.8. The molecule has 0 aliphatic heterocycles. The lowest BCUT2D eigenvalue weighted by atomic mass is 10.0. The van der Waals surface area contributed by atoms with Gasteiger partial charge in [0.25, 0.3) is 5.56 Å². The third-order valence-electron chi connectivity index (χ3n) is 5.13. The number of aromatic amines is 1. The molecule has 172 valence electrons. The Labute approximate surface area is 197 Å². The van der Waals surface area contributed by atoms with Crippen molar-refractivity contribution in [2.75, 3.05) is 0 Å². The van der Waals surface area contributed by atoms with Gasteiger partial charge in [-0.25, -0.2) is 9.50 Å². The van der Waals surface area contributed by atoms with Crippen LogP contribution in [-0.2, 0) is 6.18 Å². The zero-order valence-electron chi connectivity index (χ0n) is 17.9. The van der Waals surface area contributed by atoms with Crippen LogP contribution in [0.1, 0.15) is 18.2 Å². The standard InChI is InChI=1S/C25H18ClF3N4O/c1-3-15(14-30-4-2)16-5-7-17(8-6-16)20-13-21(34)33-24(31-20)22(23(32-33)25(27,28)29)18-9-11-19(26)12-10-18/h3-14,32H,1H2,2H3/b15-14+,30-4?. The highest BCUT2D eigenvalue weighted by molar-refractivity contribution is 6.30. The van der Waals surface area contributed by atoms with E-state index in [-0.39, 0.29) is 22.5 Å². The van der Waals surface area contributed by atoms with Crippen molar-refractivity contribution < 1.29 is 13.2 Å². The Kier molecular flexibility index (Phi) is 6.26. The number of allylic oxidation sites excluding steroid dienone is 2. The molecule has 0 unspecified atom stereocenters. The van der Waals surface area contributed by atoms with Gasteiger partial charge in [-0.2, -0.15) is 13.2 Å². The van der Waals surface area contributed by atoms with Crippen molar-refractivity contribution in [3.8, 4) is 22.4 Å². The van der Waals surface area contributed by atoms with Gasteiger partial charge in [-0.15, -0.1) is 0 Å². The van der Waals surface area contributed by atoms with Crippen LogP contribution in [0.4, 0.5) is 13.2 Å². The van der Waals surface area contributed by atoms with Crippen molar-refractivity contribution in [1.29, 1.82) is 0 Å². The minimum atomic E-state index is -4.73. The van der Waals surface area contributed by atoms with Crippen LogP contribution >= 0.6 is 11.6 Å². The summed E-state index contributed by atoms with van der Waals surface area (Å²) in [6, 6.07) is 14.1. The predicted molar refractivity (Wildman–Crippen MR) is 129 cm³/mol. The Balaban J connectivity index is 1.90. The Morgan fingerprint density at radius 3 is 2.35 bits per heavy atom. The summed E-state index contributed by atoms with van der Waals surface area (Å²) in [5, 5.41) is 2.54. The molecule has 9 heteroatoms. The molecule has 0 aliphatic rings. The molecule has 5 nitrogen and oxygen atoms in total. The first kappa shape index (κ1) is 23.3. The van der Waals surface area contributed by atoms with Crippen molar-refractivity contribution in [1.82, 2.24) is 14.6 Å². The van der Waals surface area contributed by atoms with Crippen LogP contribution in [0.15, 0.2) is 83.2 Å². The minimum absolute atomic E-state index is 0.134. The number of hydrogen-bond acceptors (Lipinski definition) is 3. The van der Waals surface area contributed by atoms with Gasteiger partial charge < -0.3 is 0 Å². The molecule has 0 radical (unpaired) electrons. The summed E-state index contributed by atoms with van der Waals surface area (Å²) < 4.78 is 42.3. The molecule has 2 heterocycles. The van der Waals surface area contributed by atoms with E-state index in [4.69, 9.17) is 11.6 Å². The summed E-state index contributed by atoms with van der Waals surface area (Å²) in [5.74, 6) is 0. The molecule has 0 spiro atoms. The third-order valence-corrected chi connectivity index (χ3v) is 5.38.